The molecule has 1 heterocycles. The molecule has 59 heavy (non-hydrogen) atoms. The average Bonchev–Trinajstić information content (AvgIpc) is 3.61. The van der Waals surface area contributed by atoms with E-state index >= 15 is 0 Å². The summed E-state index contributed by atoms with van der Waals surface area (Å²) in [6, 6.07) is 73.0. The molecule has 0 bridgehead atoms. The maximum Gasteiger partial charge on any atom is 0.0561 e. The first-order chi connectivity index (χ1) is 28.7. The molecule has 9 aromatic rings. The summed E-state index contributed by atoms with van der Waals surface area (Å²) in [5.74, 6) is 0. The highest BCUT2D eigenvalue weighted by Crippen LogP contribution is 2.49. The van der Waals surface area contributed by atoms with Crippen LogP contribution in [-0.2, 0) is 10.8 Å². The lowest BCUT2D eigenvalue weighted by Crippen LogP contribution is -2.34. The third-order valence-electron chi connectivity index (χ3n) is 12.6. The van der Waals surface area contributed by atoms with Crippen molar-refractivity contribution in [2.75, 3.05) is 9.80 Å². The predicted molar refractivity (Wildman–Crippen MR) is 251 cm³/mol. The van der Waals surface area contributed by atoms with Crippen molar-refractivity contribution in [1.82, 2.24) is 4.57 Å². The van der Waals surface area contributed by atoms with Gasteiger partial charge in [0, 0.05) is 50.6 Å². The number of para-hydroxylation sites is 4. The molecule has 0 saturated carbocycles. The van der Waals surface area contributed by atoms with Gasteiger partial charge in [0.1, 0.15) is 0 Å². The maximum absolute atomic E-state index is 2.48. The van der Waals surface area contributed by atoms with Crippen molar-refractivity contribution < 1.29 is 0 Å². The van der Waals surface area contributed by atoms with Gasteiger partial charge in [0.2, 0.25) is 0 Å². The molecule has 1 aromatic heterocycles. The molecular weight excluding hydrogens is 715 g/mol. The molecule has 0 radical (unpaired) electrons. The van der Waals surface area contributed by atoms with Gasteiger partial charge in [-0.3, -0.25) is 0 Å². The number of fused-ring (bicyclic) bond motifs is 4. The number of anilines is 6. The number of hydrogen-bond acceptors (Lipinski definition) is 2. The number of aromatic nitrogens is 1. The Hall–Kier alpha value is -6.84. The van der Waals surface area contributed by atoms with Crippen LogP contribution in [0.5, 0.6) is 0 Å². The Labute approximate surface area is 348 Å². The molecule has 1 aliphatic rings. The van der Waals surface area contributed by atoms with Crippen LogP contribution in [0.2, 0.25) is 0 Å². The van der Waals surface area contributed by atoms with Crippen molar-refractivity contribution >= 4 is 55.9 Å². The third kappa shape index (κ3) is 6.57. The van der Waals surface area contributed by atoms with Gasteiger partial charge in [-0.15, -0.1) is 0 Å². The van der Waals surface area contributed by atoms with Crippen LogP contribution in [0.4, 0.5) is 34.1 Å². The minimum Gasteiger partial charge on any atom is -0.311 e. The second-order valence-corrected chi connectivity index (χ2v) is 17.3. The van der Waals surface area contributed by atoms with Gasteiger partial charge in [0.05, 0.1) is 11.0 Å². The minimum atomic E-state index is 0.0862. The fourth-order valence-electron chi connectivity index (χ4n) is 9.32. The molecule has 0 spiro atoms. The van der Waals surface area contributed by atoms with Gasteiger partial charge in [-0.1, -0.05) is 137 Å². The van der Waals surface area contributed by atoms with Crippen LogP contribution in [0.1, 0.15) is 51.7 Å². The van der Waals surface area contributed by atoms with E-state index in [0.29, 0.717) is 0 Å². The van der Waals surface area contributed by atoms with Gasteiger partial charge in [-0.2, -0.15) is 0 Å². The van der Waals surface area contributed by atoms with Crippen LogP contribution in [0, 0.1) is 0 Å². The van der Waals surface area contributed by atoms with Crippen LogP contribution in [-0.4, -0.2) is 4.57 Å². The van der Waals surface area contributed by atoms with Crippen LogP contribution >= 0.6 is 0 Å². The van der Waals surface area contributed by atoms with Crippen LogP contribution in [0.3, 0.4) is 0 Å². The molecule has 0 atom stereocenters. The monoisotopic (exact) mass is 763 g/mol. The van der Waals surface area contributed by atoms with Crippen molar-refractivity contribution in [3.8, 4) is 16.8 Å². The second-order valence-electron chi connectivity index (χ2n) is 17.3. The standard InChI is InChI=1S/C56H49N3/c1-55(2)36-37-56(3,4)52-38-47(33-35-51(52)55)58(48-32-34-50-49-22-14-15-23-53(49)59(54(50)39-48)44-20-12-7-13-21-44)46-30-26-41(27-31-46)40-24-28-45(29-25-40)57(42-16-8-5-9-17-42)43-18-10-6-11-19-43/h5-35,38-39H,36-37H2,1-4H3. The van der Waals surface area contributed by atoms with E-state index in [-0.39, 0.29) is 10.8 Å². The lowest BCUT2D eigenvalue weighted by Gasteiger charge is -2.42. The first-order valence-corrected chi connectivity index (χ1v) is 20.9. The van der Waals surface area contributed by atoms with Gasteiger partial charge in [-0.25, -0.2) is 0 Å². The van der Waals surface area contributed by atoms with Gasteiger partial charge in [-0.05, 0) is 137 Å². The molecular formula is C56H49N3. The fraction of sp³-hybridized carbons (Fsp3) is 0.143. The summed E-state index contributed by atoms with van der Waals surface area (Å²) in [4.78, 5) is 4.76. The summed E-state index contributed by atoms with van der Waals surface area (Å²) in [6.07, 6.45) is 2.36. The molecule has 288 valence electrons. The Morgan fingerprint density at radius 2 is 0.780 bits per heavy atom. The Morgan fingerprint density at radius 1 is 0.356 bits per heavy atom. The summed E-state index contributed by atoms with van der Waals surface area (Å²) >= 11 is 0. The first kappa shape index (κ1) is 36.5. The van der Waals surface area contributed by atoms with E-state index in [0.717, 1.165) is 34.1 Å². The molecule has 10 rings (SSSR count). The van der Waals surface area contributed by atoms with Crippen molar-refractivity contribution in [3.63, 3.8) is 0 Å². The Balaban J connectivity index is 1.08. The molecule has 0 N–H and O–H groups in total. The zero-order valence-corrected chi connectivity index (χ0v) is 34.3. The highest BCUT2D eigenvalue weighted by molar-refractivity contribution is 6.10. The Morgan fingerprint density at radius 3 is 1.37 bits per heavy atom. The van der Waals surface area contributed by atoms with Crippen LogP contribution < -0.4 is 9.80 Å². The summed E-state index contributed by atoms with van der Waals surface area (Å²) in [6.45, 7) is 9.64. The normalized spacial score (nSPS) is 14.2. The molecule has 0 amide bonds. The Kier molecular flexibility index (Phi) is 8.98. The van der Waals surface area contributed by atoms with E-state index < -0.39 is 0 Å². The van der Waals surface area contributed by atoms with Gasteiger partial charge in [0.15, 0.2) is 0 Å². The van der Waals surface area contributed by atoms with E-state index in [9.17, 15) is 0 Å². The van der Waals surface area contributed by atoms with E-state index in [2.05, 4.69) is 242 Å². The van der Waals surface area contributed by atoms with E-state index in [4.69, 9.17) is 0 Å². The average molecular weight is 764 g/mol. The van der Waals surface area contributed by atoms with Crippen LogP contribution in [0.15, 0.2) is 200 Å². The summed E-state index contributed by atoms with van der Waals surface area (Å²) < 4.78 is 2.41. The summed E-state index contributed by atoms with van der Waals surface area (Å²) in [7, 11) is 0. The molecule has 0 aliphatic heterocycles. The van der Waals surface area contributed by atoms with E-state index in [1.165, 1.54) is 62.6 Å². The molecule has 8 aromatic carbocycles. The SMILES string of the molecule is CC1(C)CCC(C)(C)c2cc(N(c3ccc(-c4ccc(N(c5ccccc5)c5ccccc5)cc4)cc3)c3ccc4c5ccccc5n(-c5ccccc5)c4c3)ccc21. The minimum absolute atomic E-state index is 0.0862. The summed E-state index contributed by atoms with van der Waals surface area (Å²) in [5.41, 5.74) is 15.9. The smallest absolute Gasteiger partial charge is 0.0561 e. The van der Waals surface area contributed by atoms with Gasteiger partial charge < -0.3 is 14.4 Å². The molecule has 1 aliphatic carbocycles. The lowest BCUT2D eigenvalue weighted by atomic mass is 9.63. The van der Waals surface area contributed by atoms with Crippen molar-refractivity contribution in [3.05, 3.63) is 211 Å². The van der Waals surface area contributed by atoms with E-state index in [1.807, 2.05) is 0 Å². The zero-order valence-electron chi connectivity index (χ0n) is 34.3. The van der Waals surface area contributed by atoms with Gasteiger partial charge >= 0.3 is 0 Å². The molecule has 0 unspecified atom stereocenters. The maximum atomic E-state index is 2.48. The fourth-order valence-corrected chi connectivity index (χ4v) is 9.32. The molecule has 0 saturated heterocycles. The van der Waals surface area contributed by atoms with Crippen molar-refractivity contribution in [2.45, 2.75) is 51.4 Å². The molecule has 0 fully saturated rings. The third-order valence-corrected chi connectivity index (χ3v) is 12.6. The Bertz CT molecular complexity index is 2870. The van der Waals surface area contributed by atoms with Crippen LogP contribution in [0.25, 0.3) is 38.6 Å². The lowest BCUT2D eigenvalue weighted by molar-refractivity contribution is 0.332. The van der Waals surface area contributed by atoms with E-state index in [1.54, 1.807) is 0 Å². The largest absolute Gasteiger partial charge is 0.311 e. The van der Waals surface area contributed by atoms with Crippen molar-refractivity contribution in [2.24, 2.45) is 0 Å². The molecule has 3 heteroatoms. The van der Waals surface area contributed by atoms with Gasteiger partial charge in [0.25, 0.3) is 0 Å². The number of rotatable bonds is 8. The first-order valence-electron chi connectivity index (χ1n) is 20.9. The zero-order chi connectivity index (χ0) is 40.1. The number of hydrogen-bond donors (Lipinski definition) is 0. The molecule has 3 nitrogen and oxygen atoms in total. The topological polar surface area (TPSA) is 11.4 Å². The summed E-state index contributed by atoms with van der Waals surface area (Å²) in [5, 5.41) is 2.51. The quantitative estimate of drug-likeness (QED) is 0.153. The second kappa shape index (κ2) is 14.5. The predicted octanol–water partition coefficient (Wildman–Crippen LogP) is 15.7. The number of benzene rings is 8. The number of nitrogens with zero attached hydrogens (tertiary/aromatic N) is 3. The highest BCUT2D eigenvalue weighted by atomic mass is 15.1. The van der Waals surface area contributed by atoms with Crippen molar-refractivity contribution in [1.29, 1.82) is 0 Å². The highest BCUT2D eigenvalue weighted by Gasteiger charge is 2.37.